The van der Waals surface area contributed by atoms with E-state index >= 15 is 0 Å². The molecule has 0 bridgehead atoms. The second-order valence-corrected chi connectivity index (χ2v) is 6.74. The number of hydrogen-bond acceptors (Lipinski definition) is 4. The Labute approximate surface area is 122 Å². The summed E-state index contributed by atoms with van der Waals surface area (Å²) in [5.74, 6) is -1.24. The molecule has 2 rings (SSSR count). The Balaban J connectivity index is 2.45. The first-order valence-corrected chi connectivity index (χ1v) is 7.74. The van der Waals surface area contributed by atoms with E-state index in [1.165, 1.54) is 12.1 Å². The van der Waals surface area contributed by atoms with Gasteiger partial charge >= 0.3 is 5.97 Å². The van der Waals surface area contributed by atoms with Crippen LogP contribution in [0.3, 0.4) is 0 Å². The number of carboxylic acids is 1. The van der Waals surface area contributed by atoms with Crippen molar-refractivity contribution in [3.63, 3.8) is 0 Å². The third-order valence-electron chi connectivity index (χ3n) is 3.04. The molecule has 6 nitrogen and oxygen atoms in total. The molecule has 0 amide bonds. The highest BCUT2D eigenvalue weighted by Gasteiger charge is 2.39. The molecule has 0 saturated carbocycles. The van der Waals surface area contributed by atoms with Gasteiger partial charge in [0.2, 0.25) is 10.0 Å². The summed E-state index contributed by atoms with van der Waals surface area (Å²) in [6, 6.07) is 3.31. The maximum Gasteiger partial charge on any atom is 0.324 e. The monoisotopic (exact) mass is 319 g/mol. The van der Waals surface area contributed by atoms with Crippen LogP contribution in [0.1, 0.15) is 5.56 Å². The highest BCUT2D eigenvalue weighted by molar-refractivity contribution is 7.89. The van der Waals surface area contributed by atoms with Gasteiger partial charge in [-0.15, -0.1) is 0 Å². The van der Waals surface area contributed by atoms with E-state index in [2.05, 4.69) is 0 Å². The van der Waals surface area contributed by atoms with E-state index in [-0.39, 0.29) is 29.7 Å². The number of halogens is 1. The van der Waals surface area contributed by atoms with Gasteiger partial charge in [0.15, 0.2) is 0 Å². The number of carbonyl (C=O) groups is 1. The van der Waals surface area contributed by atoms with Gasteiger partial charge in [0.05, 0.1) is 18.2 Å². The van der Waals surface area contributed by atoms with Gasteiger partial charge in [0.1, 0.15) is 10.9 Å². The second kappa shape index (κ2) is 5.69. The lowest BCUT2D eigenvalue weighted by molar-refractivity contribution is -0.146. The smallest absolute Gasteiger partial charge is 0.324 e. The third-order valence-corrected chi connectivity index (χ3v) is 5.43. The van der Waals surface area contributed by atoms with Crippen molar-refractivity contribution in [3.05, 3.63) is 28.8 Å². The fraction of sp³-hybridized carbons (Fsp3) is 0.417. The van der Waals surface area contributed by atoms with E-state index in [4.69, 9.17) is 21.4 Å². The molecule has 20 heavy (non-hydrogen) atoms. The van der Waals surface area contributed by atoms with Crippen LogP contribution in [0.2, 0.25) is 5.02 Å². The molecular formula is C12H14ClNO5S. The zero-order valence-electron chi connectivity index (χ0n) is 10.7. The SMILES string of the molecule is Cc1ccc(S(=O)(=O)N2CCOCC2C(=O)O)c(Cl)c1. The Hall–Kier alpha value is -1.15. The fourth-order valence-corrected chi connectivity index (χ4v) is 4.14. The van der Waals surface area contributed by atoms with Gasteiger partial charge in [-0.25, -0.2) is 8.42 Å². The molecule has 1 atom stereocenters. The van der Waals surface area contributed by atoms with Crippen LogP contribution in [0.4, 0.5) is 0 Å². The third kappa shape index (κ3) is 2.80. The Bertz CT molecular complexity index is 631. The van der Waals surface area contributed by atoms with Gasteiger partial charge in [0, 0.05) is 6.54 Å². The number of benzene rings is 1. The summed E-state index contributed by atoms with van der Waals surface area (Å²) in [5.41, 5.74) is 0.825. The van der Waals surface area contributed by atoms with Gasteiger partial charge in [0.25, 0.3) is 0 Å². The van der Waals surface area contributed by atoms with E-state index in [1.54, 1.807) is 13.0 Å². The molecule has 1 aromatic rings. The van der Waals surface area contributed by atoms with Crippen molar-refractivity contribution in [1.82, 2.24) is 4.31 Å². The molecule has 1 saturated heterocycles. The Morgan fingerprint density at radius 1 is 1.50 bits per heavy atom. The van der Waals surface area contributed by atoms with Gasteiger partial charge in [-0.1, -0.05) is 17.7 Å². The molecule has 0 spiro atoms. The van der Waals surface area contributed by atoms with Crippen LogP contribution >= 0.6 is 11.6 Å². The topological polar surface area (TPSA) is 83.9 Å². The van der Waals surface area contributed by atoms with Crippen LogP contribution < -0.4 is 0 Å². The quantitative estimate of drug-likeness (QED) is 0.902. The lowest BCUT2D eigenvalue weighted by atomic mass is 10.2. The molecule has 0 aromatic heterocycles. The van der Waals surface area contributed by atoms with Gasteiger partial charge in [-0.05, 0) is 24.6 Å². The van der Waals surface area contributed by atoms with Crippen molar-refractivity contribution in [3.8, 4) is 0 Å². The minimum absolute atomic E-state index is 0.0104. The molecule has 8 heteroatoms. The van der Waals surface area contributed by atoms with Crippen LogP contribution in [0, 0.1) is 6.92 Å². The molecule has 1 aliphatic heterocycles. The van der Waals surface area contributed by atoms with Gasteiger partial charge in [-0.2, -0.15) is 4.31 Å². The van der Waals surface area contributed by atoms with Crippen molar-refractivity contribution >= 4 is 27.6 Å². The number of nitrogens with zero attached hydrogens (tertiary/aromatic N) is 1. The van der Waals surface area contributed by atoms with Crippen molar-refractivity contribution in [2.24, 2.45) is 0 Å². The molecule has 1 unspecified atom stereocenters. The van der Waals surface area contributed by atoms with Crippen molar-refractivity contribution < 1.29 is 23.1 Å². The summed E-state index contributed by atoms with van der Waals surface area (Å²) in [7, 11) is -3.96. The van der Waals surface area contributed by atoms with Gasteiger partial charge in [-0.3, -0.25) is 4.79 Å². The molecule has 110 valence electrons. The average Bonchev–Trinajstić information content (AvgIpc) is 2.38. The first-order valence-electron chi connectivity index (χ1n) is 5.92. The maximum atomic E-state index is 12.6. The zero-order valence-corrected chi connectivity index (χ0v) is 12.3. The predicted octanol–water partition coefficient (Wildman–Crippen LogP) is 1.12. The van der Waals surface area contributed by atoms with Crippen LogP contribution in [0.25, 0.3) is 0 Å². The average molecular weight is 320 g/mol. The molecule has 1 aromatic carbocycles. The highest BCUT2D eigenvalue weighted by atomic mass is 35.5. The lowest BCUT2D eigenvalue weighted by Gasteiger charge is -2.32. The number of aryl methyl sites for hydroxylation is 1. The lowest BCUT2D eigenvalue weighted by Crippen LogP contribution is -2.52. The van der Waals surface area contributed by atoms with Crippen LogP contribution in [0.5, 0.6) is 0 Å². The molecule has 0 radical (unpaired) electrons. The summed E-state index contributed by atoms with van der Waals surface area (Å²) >= 11 is 5.98. The number of rotatable bonds is 3. The largest absolute Gasteiger partial charge is 0.480 e. The number of hydrogen-bond donors (Lipinski definition) is 1. The Morgan fingerprint density at radius 2 is 2.20 bits per heavy atom. The minimum atomic E-state index is -3.96. The van der Waals surface area contributed by atoms with Crippen LogP contribution in [0.15, 0.2) is 23.1 Å². The normalized spacial score (nSPS) is 20.8. The predicted molar refractivity (Wildman–Crippen MR) is 72.3 cm³/mol. The zero-order chi connectivity index (χ0) is 14.9. The summed E-state index contributed by atoms with van der Waals surface area (Å²) in [6.45, 7) is 1.77. The van der Waals surface area contributed by atoms with E-state index < -0.39 is 22.0 Å². The van der Waals surface area contributed by atoms with Crippen molar-refractivity contribution in [2.45, 2.75) is 17.9 Å². The van der Waals surface area contributed by atoms with Gasteiger partial charge < -0.3 is 9.84 Å². The molecule has 1 heterocycles. The minimum Gasteiger partial charge on any atom is -0.480 e. The summed E-state index contributed by atoms with van der Waals surface area (Å²) < 4.78 is 31.1. The highest BCUT2D eigenvalue weighted by Crippen LogP contribution is 2.27. The molecule has 1 N–H and O–H groups in total. The van der Waals surface area contributed by atoms with Crippen molar-refractivity contribution in [2.75, 3.05) is 19.8 Å². The molecule has 1 fully saturated rings. The van der Waals surface area contributed by atoms with Crippen molar-refractivity contribution in [1.29, 1.82) is 0 Å². The van der Waals surface area contributed by atoms with E-state index in [0.29, 0.717) is 0 Å². The number of morpholine rings is 1. The standard InChI is InChI=1S/C12H14ClNO5S/c1-8-2-3-11(9(13)6-8)20(17,18)14-4-5-19-7-10(14)12(15)16/h2-3,6,10H,4-5,7H2,1H3,(H,15,16). The Kier molecular flexibility index (Phi) is 4.33. The second-order valence-electron chi connectivity index (χ2n) is 4.48. The summed E-state index contributed by atoms with van der Waals surface area (Å²) in [4.78, 5) is 11.1. The first-order chi connectivity index (χ1) is 9.34. The summed E-state index contributed by atoms with van der Waals surface area (Å²) in [6.07, 6.45) is 0. The van der Waals surface area contributed by atoms with Crippen LogP contribution in [-0.2, 0) is 19.6 Å². The first kappa shape index (κ1) is 15.2. The number of carboxylic acid groups (broad SMARTS) is 1. The number of sulfonamides is 1. The fourth-order valence-electron chi connectivity index (χ4n) is 2.01. The number of aliphatic carboxylic acids is 1. The van der Waals surface area contributed by atoms with E-state index in [0.717, 1.165) is 9.87 Å². The summed E-state index contributed by atoms with van der Waals surface area (Å²) in [5, 5.41) is 9.20. The van der Waals surface area contributed by atoms with Crippen LogP contribution in [-0.4, -0.2) is 49.6 Å². The molecular weight excluding hydrogens is 306 g/mol. The molecule has 0 aliphatic carbocycles. The molecule has 1 aliphatic rings. The van der Waals surface area contributed by atoms with E-state index in [9.17, 15) is 13.2 Å². The maximum absolute atomic E-state index is 12.6. The Morgan fingerprint density at radius 3 is 2.80 bits per heavy atom. The number of ether oxygens (including phenoxy) is 1. The van der Waals surface area contributed by atoms with E-state index in [1.807, 2.05) is 0 Å².